The Hall–Kier alpha value is -4.87. The third kappa shape index (κ3) is 22.1. The van der Waals surface area contributed by atoms with E-state index in [1.807, 2.05) is 13.8 Å². The Morgan fingerprint density at radius 2 is 1.41 bits per heavy atom. The molecule has 0 saturated heterocycles. The highest BCUT2D eigenvalue weighted by molar-refractivity contribution is 5.98. The normalized spacial score (nSPS) is 23.4. The number of hydrogen-bond acceptors (Lipinski definition) is 11. The lowest BCUT2D eigenvalue weighted by atomic mass is 9.83. The van der Waals surface area contributed by atoms with Crippen LogP contribution in [-0.4, -0.2) is 115 Å². The molecule has 2 aliphatic rings. The number of nitrogens with zero attached hydrogens (tertiary/aromatic N) is 1. The molecule has 1 heterocycles. The van der Waals surface area contributed by atoms with Crippen molar-refractivity contribution in [1.29, 1.82) is 0 Å². The molecule has 0 spiro atoms. The largest absolute Gasteiger partial charge is 0.467 e. The fraction of sp³-hybridized carbons (Fsp3) is 0.771. The van der Waals surface area contributed by atoms with Gasteiger partial charge in [-0.25, -0.2) is 9.59 Å². The van der Waals surface area contributed by atoms with Crippen LogP contribution < -0.4 is 31.9 Å². The van der Waals surface area contributed by atoms with E-state index in [0.29, 0.717) is 56.4 Å². The molecule has 66 heavy (non-hydrogen) atoms. The highest BCUT2D eigenvalue weighted by Crippen LogP contribution is 2.28. The predicted octanol–water partition coefficient (Wildman–Crippen LogP) is 5.99. The van der Waals surface area contributed by atoms with Gasteiger partial charge in [0.05, 0.1) is 18.7 Å². The summed E-state index contributed by atoms with van der Waals surface area (Å²) in [6.45, 7) is 19.4. The van der Waals surface area contributed by atoms with Crippen molar-refractivity contribution in [2.75, 3.05) is 33.4 Å². The van der Waals surface area contributed by atoms with Crippen molar-refractivity contribution in [3.8, 4) is 0 Å². The monoisotopic (exact) mass is 934 g/mol. The Kier molecular flexibility index (Phi) is 24.6. The first kappa shape index (κ1) is 57.3. The standard InChI is InChI=1S/C48H83N7O11/c1-13-14-15-19-24-38-33(5)44(60)55(12)37(27-31(2)3)42(58)54-39(34-22-17-16-18-23-34)43(59)52-35(28-50-46(62)66-48(9,10)11)40(56)53-36(41(57)51-32(4)29-64-38)30-63-26-21-20-25-49-45(61)65-47(6,7)8/h29,31,34-37,39H,13-28,30H2,1-12H3,(H,49,61)(H,50,62)(H,51,57)(H,52,59)(H,53,56)(H,54,58)/b32-29-,38-33-. The summed E-state index contributed by atoms with van der Waals surface area (Å²) in [5.41, 5.74) is -0.950. The van der Waals surface area contributed by atoms with E-state index in [1.54, 1.807) is 62.4 Å². The predicted molar refractivity (Wildman–Crippen MR) is 251 cm³/mol. The lowest BCUT2D eigenvalue weighted by Gasteiger charge is -2.34. The van der Waals surface area contributed by atoms with Crippen molar-refractivity contribution in [2.24, 2.45) is 11.8 Å². The van der Waals surface area contributed by atoms with E-state index >= 15 is 0 Å². The van der Waals surface area contributed by atoms with Gasteiger partial charge in [0, 0.05) is 32.3 Å². The average Bonchev–Trinajstić information content (AvgIpc) is 3.22. The molecule has 1 aliphatic heterocycles. The molecule has 4 atom stereocenters. The average molecular weight is 934 g/mol. The zero-order valence-corrected chi connectivity index (χ0v) is 42.0. The second-order valence-corrected chi connectivity index (χ2v) is 19.9. The van der Waals surface area contributed by atoms with Crippen LogP contribution in [0.15, 0.2) is 23.3 Å². The molecule has 1 fully saturated rings. The molecule has 1 aliphatic carbocycles. The molecule has 6 N–H and O–H groups in total. The van der Waals surface area contributed by atoms with Gasteiger partial charge in [0.25, 0.3) is 5.91 Å². The minimum atomic E-state index is -1.44. The number of hydrogen-bond donors (Lipinski definition) is 6. The Labute approximate surface area is 393 Å². The number of alkyl carbamates (subject to hydrolysis) is 2. The molecule has 0 bridgehead atoms. The first-order valence-electron chi connectivity index (χ1n) is 24.0. The van der Waals surface area contributed by atoms with Crippen LogP contribution >= 0.6 is 0 Å². The van der Waals surface area contributed by atoms with Crippen LogP contribution in [0.2, 0.25) is 0 Å². The molecule has 0 radical (unpaired) electrons. The molecular formula is C48H83N7O11. The first-order chi connectivity index (χ1) is 30.9. The van der Waals surface area contributed by atoms with Crippen LogP contribution in [-0.2, 0) is 42.9 Å². The lowest BCUT2D eigenvalue weighted by Crippen LogP contribution is -2.62. The molecule has 18 nitrogen and oxygen atoms in total. The Morgan fingerprint density at radius 1 is 0.788 bits per heavy atom. The summed E-state index contributed by atoms with van der Waals surface area (Å²) in [6, 6.07) is -4.80. The van der Waals surface area contributed by atoms with Crippen molar-refractivity contribution >= 4 is 41.7 Å². The van der Waals surface area contributed by atoms with Crippen LogP contribution in [0.5, 0.6) is 0 Å². The lowest BCUT2D eigenvalue weighted by molar-refractivity contribution is -0.139. The van der Waals surface area contributed by atoms with Gasteiger partial charge in [-0.15, -0.1) is 0 Å². The molecule has 376 valence electrons. The van der Waals surface area contributed by atoms with Gasteiger partial charge < -0.3 is 55.7 Å². The zero-order chi connectivity index (χ0) is 49.6. The Morgan fingerprint density at radius 3 is 2.02 bits per heavy atom. The van der Waals surface area contributed by atoms with Gasteiger partial charge in [0.2, 0.25) is 23.6 Å². The smallest absolute Gasteiger partial charge is 0.407 e. The maximum Gasteiger partial charge on any atom is 0.407 e. The van der Waals surface area contributed by atoms with Crippen LogP contribution in [0, 0.1) is 11.8 Å². The van der Waals surface area contributed by atoms with E-state index in [0.717, 1.165) is 44.9 Å². The first-order valence-corrected chi connectivity index (χ1v) is 24.0. The molecule has 0 aromatic rings. The minimum Gasteiger partial charge on any atom is -0.467 e. The summed E-state index contributed by atoms with van der Waals surface area (Å²) >= 11 is 0. The zero-order valence-electron chi connectivity index (χ0n) is 42.0. The third-order valence-electron chi connectivity index (χ3n) is 11.0. The van der Waals surface area contributed by atoms with Crippen molar-refractivity contribution < 1.29 is 52.5 Å². The highest BCUT2D eigenvalue weighted by atomic mass is 16.6. The number of carbonyl (C=O) groups is 7. The minimum absolute atomic E-state index is 0.00657. The number of amides is 7. The van der Waals surface area contributed by atoms with Crippen molar-refractivity contribution in [1.82, 2.24) is 36.8 Å². The molecule has 7 amide bonds. The van der Waals surface area contributed by atoms with Crippen molar-refractivity contribution in [3.05, 3.63) is 23.3 Å². The van der Waals surface area contributed by atoms with Crippen LogP contribution in [0.4, 0.5) is 9.59 Å². The molecule has 0 aromatic heterocycles. The quantitative estimate of drug-likeness (QED) is 0.0928. The maximum absolute atomic E-state index is 14.5. The number of rotatable bonds is 17. The van der Waals surface area contributed by atoms with Gasteiger partial charge >= 0.3 is 12.2 Å². The number of likely N-dealkylation sites (N-methyl/N-ethyl adjacent to an activating group) is 1. The van der Waals surface area contributed by atoms with Crippen LogP contribution in [0.25, 0.3) is 0 Å². The molecule has 18 heteroatoms. The molecule has 1 saturated carbocycles. The number of unbranched alkanes of at least 4 members (excludes halogenated alkanes) is 4. The van der Waals surface area contributed by atoms with E-state index < -0.39 is 83.6 Å². The van der Waals surface area contributed by atoms with Gasteiger partial charge in [-0.1, -0.05) is 59.3 Å². The molecular weight excluding hydrogens is 851 g/mol. The van der Waals surface area contributed by atoms with E-state index in [1.165, 1.54) is 11.2 Å². The van der Waals surface area contributed by atoms with Gasteiger partial charge in [-0.2, -0.15) is 0 Å². The number of ether oxygens (including phenoxy) is 4. The summed E-state index contributed by atoms with van der Waals surface area (Å²) in [5.74, 6) is -2.99. The summed E-state index contributed by atoms with van der Waals surface area (Å²) < 4.78 is 22.7. The third-order valence-corrected chi connectivity index (χ3v) is 11.0. The molecule has 2 rings (SSSR count). The number of carbonyl (C=O) groups excluding carboxylic acids is 7. The van der Waals surface area contributed by atoms with Gasteiger partial charge in [-0.05, 0) is 106 Å². The van der Waals surface area contributed by atoms with Gasteiger partial charge in [0.1, 0.15) is 47.4 Å². The van der Waals surface area contributed by atoms with Crippen molar-refractivity contribution in [2.45, 2.75) is 195 Å². The van der Waals surface area contributed by atoms with E-state index in [-0.39, 0.29) is 30.7 Å². The van der Waals surface area contributed by atoms with E-state index in [2.05, 4.69) is 38.8 Å². The van der Waals surface area contributed by atoms with Crippen LogP contribution in [0.3, 0.4) is 0 Å². The fourth-order valence-electron chi connectivity index (χ4n) is 7.51. The second-order valence-electron chi connectivity index (χ2n) is 19.9. The van der Waals surface area contributed by atoms with E-state index in [4.69, 9.17) is 18.9 Å². The molecule has 0 aromatic carbocycles. The van der Waals surface area contributed by atoms with Crippen LogP contribution in [0.1, 0.15) is 160 Å². The number of nitrogens with one attached hydrogen (secondary N) is 6. The van der Waals surface area contributed by atoms with Gasteiger partial charge in [0.15, 0.2) is 0 Å². The summed E-state index contributed by atoms with van der Waals surface area (Å²) in [5, 5.41) is 16.5. The summed E-state index contributed by atoms with van der Waals surface area (Å²) in [6.07, 6.45) is 9.25. The maximum atomic E-state index is 14.5. The highest BCUT2D eigenvalue weighted by Gasteiger charge is 2.38. The topological polar surface area (TPSA) is 232 Å². The summed E-state index contributed by atoms with van der Waals surface area (Å²) in [7, 11) is 1.57. The van der Waals surface area contributed by atoms with E-state index in [9.17, 15) is 33.6 Å². The van der Waals surface area contributed by atoms with Crippen molar-refractivity contribution in [3.63, 3.8) is 0 Å². The molecule has 4 unspecified atom stereocenters. The SMILES string of the molecule is CCCCCC/C1=C(\C)C(=O)N(C)C(CC(C)C)C(=O)NC(C2CCCCC2)C(=O)NC(CNC(=O)OC(C)(C)C)C(=O)NC(COCCCCNC(=O)OC(C)(C)C)C(=O)N/C(C)=C\O1. The fourth-order valence-corrected chi connectivity index (χ4v) is 7.51. The summed E-state index contributed by atoms with van der Waals surface area (Å²) in [4.78, 5) is 98.0. The Bertz CT molecular complexity index is 1680. The number of allylic oxidation sites excluding steroid dienone is 2. The van der Waals surface area contributed by atoms with Gasteiger partial charge in [-0.3, -0.25) is 24.0 Å². The Balaban J connectivity index is 2.62. The second kappa shape index (κ2) is 28.3.